The van der Waals surface area contributed by atoms with Crippen LogP contribution in [0.4, 0.5) is 0 Å². The second-order valence-corrected chi connectivity index (χ2v) is 23.0. The Kier molecular flexibility index (Phi) is 4.02. The summed E-state index contributed by atoms with van der Waals surface area (Å²) in [6.07, 6.45) is 9.60. The molecule has 0 aromatic heterocycles. The molecule has 0 heterocycles. The Bertz CT molecular complexity index is 134. The summed E-state index contributed by atoms with van der Waals surface area (Å²) in [4.78, 5) is 0. The lowest BCUT2D eigenvalue weighted by Crippen LogP contribution is -2.35. The Hall–Kier alpha value is 0.877. The highest BCUT2D eigenvalue weighted by molar-refractivity contribution is 9.10. The summed E-state index contributed by atoms with van der Waals surface area (Å²) < 4.78 is 5.66. The first-order chi connectivity index (χ1) is 4.75. The molecule has 0 aliphatic carbocycles. The maximum Gasteiger partial charge on any atom is 0.238 e. The minimum absolute atomic E-state index is 0.182. The lowest BCUT2D eigenvalue weighted by atomic mass is 11.8. The first kappa shape index (κ1) is 11.9. The van der Waals surface area contributed by atoms with Crippen LogP contribution in [0.2, 0.25) is 13.1 Å². The van der Waals surface area contributed by atoms with E-state index in [-0.39, 0.29) is 9.93 Å². The average Bonchev–Trinajstić information content (AvgIpc) is 1.87. The molecule has 0 aliphatic rings. The molecular formula is C7H22OS2Si. The maximum atomic E-state index is 5.66. The summed E-state index contributed by atoms with van der Waals surface area (Å²) >= 11 is 0. The molecule has 0 radical (unpaired) electrons. The standard InChI is InChI=1S/C7H22OS2Si/c1-8-11(6,7)10(4,5)9(2)3/h9H,1-7H3. The van der Waals surface area contributed by atoms with Crippen molar-refractivity contribution < 1.29 is 4.43 Å². The Balaban J connectivity index is 4.53. The van der Waals surface area contributed by atoms with E-state index in [4.69, 9.17) is 4.43 Å². The third-order valence-electron chi connectivity index (χ3n) is 2.61. The van der Waals surface area contributed by atoms with Crippen LogP contribution in [0.25, 0.3) is 0 Å². The minimum Gasteiger partial charge on any atom is -0.411 e. The van der Waals surface area contributed by atoms with E-state index in [0.29, 0.717) is 0 Å². The van der Waals surface area contributed by atoms with Crippen LogP contribution in [-0.4, -0.2) is 39.6 Å². The highest BCUT2D eigenvalue weighted by atomic mass is 33.3. The minimum atomic E-state index is -1.36. The van der Waals surface area contributed by atoms with E-state index in [1.54, 1.807) is 0 Å². The maximum absolute atomic E-state index is 5.66. The fraction of sp³-hybridized carbons (Fsp3) is 1.00. The van der Waals surface area contributed by atoms with Gasteiger partial charge in [-0.25, -0.2) is 18.4 Å². The smallest absolute Gasteiger partial charge is 0.238 e. The quantitative estimate of drug-likeness (QED) is 0.432. The molecule has 0 spiro atoms. The van der Waals surface area contributed by atoms with Crippen molar-refractivity contribution in [3.05, 3.63) is 0 Å². The summed E-state index contributed by atoms with van der Waals surface area (Å²) in [5.41, 5.74) is 0. The van der Waals surface area contributed by atoms with Gasteiger partial charge in [-0.2, -0.15) is 0 Å². The second kappa shape index (κ2) is 3.73. The summed E-state index contributed by atoms with van der Waals surface area (Å²) in [6, 6.07) is 0. The van der Waals surface area contributed by atoms with Crippen molar-refractivity contribution in [3.8, 4) is 0 Å². The monoisotopic (exact) mass is 214 g/mol. The zero-order valence-electron chi connectivity index (χ0n) is 8.76. The van der Waals surface area contributed by atoms with Crippen molar-refractivity contribution in [2.45, 2.75) is 13.1 Å². The third-order valence-corrected chi connectivity index (χ3v) is 28.3. The van der Waals surface area contributed by atoms with Gasteiger partial charge >= 0.3 is 0 Å². The zero-order chi connectivity index (χ0) is 9.28. The number of hydrogen-bond donors (Lipinski definition) is 1. The Morgan fingerprint density at radius 1 is 1.18 bits per heavy atom. The van der Waals surface area contributed by atoms with Crippen LogP contribution in [0, 0.1) is 0 Å². The van der Waals surface area contributed by atoms with Gasteiger partial charge in [-0.1, -0.05) is 0 Å². The van der Waals surface area contributed by atoms with Gasteiger partial charge in [-0.05, 0) is 38.1 Å². The van der Waals surface area contributed by atoms with Gasteiger partial charge < -0.3 is 4.43 Å². The van der Waals surface area contributed by atoms with Crippen LogP contribution in [-0.2, 0) is 4.43 Å². The zero-order valence-corrected chi connectivity index (χ0v) is 11.5. The van der Waals surface area contributed by atoms with Gasteiger partial charge in [0.15, 0.2) is 0 Å². The van der Waals surface area contributed by atoms with Crippen molar-refractivity contribution in [2.24, 2.45) is 0 Å². The van der Waals surface area contributed by atoms with Crippen molar-refractivity contribution in [2.75, 3.05) is 32.1 Å². The molecule has 0 aliphatic heterocycles. The van der Waals surface area contributed by atoms with Gasteiger partial charge in [0.1, 0.15) is 0 Å². The number of hydrogen-bond acceptors (Lipinski definition) is 1. The largest absolute Gasteiger partial charge is 0.411 e. The molecule has 1 nitrogen and oxygen atoms in total. The van der Waals surface area contributed by atoms with Gasteiger partial charge in [0.25, 0.3) is 0 Å². The molecule has 0 unspecified atom stereocenters. The topological polar surface area (TPSA) is 9.23 Å². The van der Waals surface area contributed by atoms with Crippen LogP contribution in [0.1, 0.15) is 0 Å². The Morgan fingerprint density at radius 3 is 1.64 bits per heavy atom. The lowest BCUT2D eigenvalue weighted by molar-refractivity contribution is 0.423. The number of rotatable bonds is 3. The van der Waals surface area contributed by atoms with Crippen LogP contribution >= 0.6 is 18.4 Å². The van der Waals surface area contributed by atoms with E-state index in [1.165, 1.54) is 0 Å². The van der Waals surface area contributed by atoms with Gasteiger partial charge in [0.05, 0.1) is 0 Å². The van der Waals surface area contributed by atoms with Crippen LogP contribution < -0.4 is 0 Å². The van der Waals surface area contributed by atoms with E-state index in [1.807, 2.05) is 7.11 Å². The average molecular weight is 214 g/mol. The molecule has 0 saturated carbocycles. The fourth-order valence-electron chi connectivity index (χ4n) is 0.644. The van der Waals surface area contributed by atoms with Crippen molar-refractivity contribution >= 4 is 25.9 Å². The predicted octanol–water partition coefficient (Wildman–Crippen LogP) is 2.57. The molecule has 11 heavy (non-hydrogen) atoms. The number of thiol groups is 1. The Labute approximate surface area is 75.7 Å². The van der Waals surface area contributed by atoms with Crippen molar-refractivity contribution in [3.63, 3.8) is 0 Å². The first-order valence-electron chi connectivity index (χ1n) is 3.71. The predicted molar refractivity (Wildman–Crippen MR) is 64.8 cm³/mol. The molecule has 0 N–H and O–H groups in total. The summed E-state index contributed by atoms with van der Waals surface area (Å²) in [7, 11) is 0.256. The lowest BCUT2D eigenvalue weighted by Gasteiger charge is -2.48. The van der Waals surface area contributed by atoms with E-state index >= 15 is 0 Å². The molecule has 4 heteroatoms. The van der Waals surface area contributed by atoms with E-state index in [0.717, 1.165) is 0 Å². The highest BCUT2D eigenvalue weighted by Crippen LogP contribution is 2.67. The van der Waals surface area contributed by atoms with Crippen LogP contribution in [0.5, 0.6) is 0 Å². The Morgan fingerprint density at radius 2 is 1.55 bits per heavy atom. The highest BCUT2D eigenvalue weighted by Gasteiger charge is 2.37. The van der Waals surface area contributed by atoms with E-state index < -0.39 is 16.0 Å². The molecule has 0 amide bonds. The first-order valence-corrected chi connectivity index (χ1v) is 12.6. The second-order valence-electron chi connectivity index (χ2n) is 3.69. The normalized spacial score (nSPS) is 16.5. The summed E-state index contributed by atoms with van der Waals surface area (Å²) in [5.74, 6) is 0. The molecule has 0 saturated heterocycles. The summed E-state index contributed by atoms with van der Waals surface area (Å²) in [5, 5.41) is 0. The van der Waals surface area contributed by atoms with E-state index in [9.17, 15) is 0 Å². The van der Waals surface area contributed by atoms with Crippen molar-refractivity contribution in [1.29, 1.82) is 0 Å². The van der Waals surface area contributed by atoms with Crippen LogP contribution in [0.3, 0.4) is 0 Å². The SMILES string of the molecule is CO[Si](C)(C)S(C)(C)[SH](C)C. The van der Waals surface area contributed by atoms with E-state index in [2.05, 4.69) is 38.1 Å². The molecular weight excluding hydrogens is 192 g/mol. The molecule has 0 bridgehead atoms. The fourth-order valence-corrected chi connectivity index (χ4v) is 14.4. The third kappa shape index (κ3) is 2.41. The van der Waals surface area contributed by atoms with Gasteiger partial charge in [-0.3, -0.25) is 0 Å². The van der Waals surface area contributed by atoms with Gasteiger partial charge in [0, 0.05) is 7.11 Å². The molecule has 0 aromatic carbocycles. The molecule has 0 atom stereocenters. The molecule has 72 valence electrons. The molecule has 0 rings (SSSR count). The van der Waals surface area contributed by atoms with Crippen LogP contribution in [0.15, 0.2) is 0 Å². The van der Waals surface area contributed by atoms with Gasteiger partial charge in [0.2, 0.25) is 7.47 Å². The summed E-state index contributed by atoms with van der Waals surface area (Å²) in [6.45, 7) is 4.68. The van der Waals surface area contributed by atoms with Gasteiger partial charge in [-0.15, -0.1) is 0 Å². The molecule has 0 fully saturated rings. The molecule has 0 aromatic rings. The van der Waals surface area contributed by atoms with Crippen molar-refractivity contribution in [1.82, 2.24) is 0 Å².